The van der Waals surface area contributed by atoms with E-state index in [-0.39, 0.29) is 11.9 Å². The first kappa shape index (κ1) is 22.8. The third-order valence-corrected chi connectivity index (χ3v) is 6.71. The molecule has 0 radical (unpaired) electrons. The van der Waals surface area contributed by atoms with E-state index >= 15 is 0 Å². The zero-order valence-corrected chi connectivity index (χ0v) is 19.3. The molecule has 1 unspecified atom stereocenters. The highest BCUT2D eigenvalue weighted by Gasteiger charge is 2.31. The van der Waals surface area contributed by atoms with Crippen LogP contribution in [0, 0.1) is 11.7 Å². The highest BCUT2D eigenvalue weighted by Crippen LogP contribution is 2.40. The van der Waals surface area contributed by atoms with Gasteiger partial charge in [-0.1, -0.05) is 31.2 Å². The van der Waals surface area contributed by atoms with E-state index in [4.69, 9.17) is 4.99 Å². The summed E-state index contributed by atoms with van der Waals surface area (Å²) < 4.78 is 27.2. The van der Waals surface area contributed by atoms with Crippen molar-refractivity contribution in [2.45, 2.75) is 71.4 Å². The first-order valence-corrected chi connectivity index (χ1v) is 12.0. The van der Waals surface area contributed by atoms with Gasteiger partial charge in [0, 0.05) is 24.6 Å². The molecule has 4 rings (SSSR count). The van der Waals surface area contributed by atoms with Crippen LogP contribution in [0.15, 0.2) is 75.5 Å². The third kappa shape index (κ3) is 5.35. The maximum atomic E-state index is 14.0. The van der Waals surface area contributed by atoms with Gasteiger partial charge in [-0.2, -0.15) is 0 Å². The van der Waals surface area contributed by atoms with Crippen LogP contribution in [0.25, 0.3) is 0 Å². The van der Waals surface area contributed by atoms with Gasteiger partial charge in [-0.25, -0.2) is 8.78 Å². The number of halogens is 2. The molecular weight excluding hydrogens is 402 g/mol. The molecule has 3 aliphatic rings. The fourth-order valence-electron chi connectivity index (χ4n) is 4.78. The molecule has 2 nitrogen and oxygen atoms in total. The minimum atomic E-state index is -0.470. The molecule has 1 aromatic carbocycles. The molecule has 0 saturated heterocycles. The van der Waals surface area contributed by atoms with Gasteiger partial charge in [0.2, 0.25) is 0 Å². The summed E-state index contributed by atoms with van der Waals surface area (Å²) in [6, 6.07) is 6.84. The number of hydrogen-bond acceptors (Lipinski definition) is 2. The zero-order valence-electron chi connectivity index (χ0n) is 19.3. The quantitative estimate of drug-likeness (QED) is 0.408. The average Bonchev–Trinajstić information content (AvgIpc) is 3.56. The molecule has 1 saturated carbocycles. The van der Waals surface area contributed by atoms with Gasteiger partial charge in [0.15, 0.2) is 0 Å². The van der Waals surface area contributed by atoms with Crippen LogP contribution in [0.1, 0.15) is 64.4 Å². The van der Waals surface area contributed by atoms with Crippen LogP contribution in [0.2, 0.25) is 0 Å². The summed E-state index contributed by atoms with van der Waals surface area (Å²) in [6.45, 7) is 4.29. The van der Waals surface area contributed by atoms with E-state index in [1.807, 2.05) is 25.1 Å². The molecule has 1 N–H and O–H groups in total. The fraction of sp³-hybridized carbons (Fsp3) is 0.464. The molecular formula is C28H34F2N2. The number of rotatable bonds is 9. The van der Waals surface area contributed by atoms with Crippen molar-refractivity contribution in [3.05, 3.63) is 81.9 Å². The van der Waals surface area contributed by atoms with Crippen molar-refractivity contribution >= 4 is 5.71 Å². The van der Waals surface area contributed by atoms with E-state index in [1.54, 1.807) is 0 Å². The van der Waals surface area contributed by atoms with Gasteiger partial charge in [0.25, 0.3) is 0 Å². The van der Waals surface area contributed by atoms with Gasteiger partial charge < -0.3 is 5.32 Å². The lowest BCUT2D eigenvalue weighted by molar-refractivity contribution is 0.487. The van der Waals surface area contributed by atoms with E-state index < -0.39 is 6.67 Å². The molecule has 170 valence electrons. The van der Waals surface area contributed by atoms with E-state index in [1.165, 1.54) is 36.1 Å². The Bertz CT molecular complexity index is 975. The van der Waals surface area contributed by atoms with Crippen molar-refractivity contribution in [3.63, 3.8) is 0 Å². The van der Waals surface area contributed by atoms with Gasteiger partial charge >= 0.3 is 0 Å². The van der Waals surface area contributed by atoms with Crippen molar-refractivity contribution in [1.29, 1.82) is 0 Å². The van der Waals surface area contributed by atoms with Crippen molar-refractivity contribution < 1.29 is 8.78 Å². The average molecular weight is 437 g/mol. The monoisotopic (exact) mass is 436 g/mol. The topological polar surface area (TPSA) is 24.4 Å². The molecule has 32 heavy (non-hydrogen) atoms. The molecule has 1 heterocycles. The lowest BCUT2D eigenvalue weighted by Crippen LogP contribution is -2.32. The minimum absolute atomic E-state index is 0.191. The lowest BCUT2D eigenvalue weighted by atomic mass is 9.89. The predicted molar refractivity (Wildman–Crippen MR) is 129 cm³/mol. The number of hydrogen-bond donors (Lipinski definition) is 1. The second-order valence-corrected chi connectivity index (χ2v) is 9.07. The maximum Gasteiger partial charge on any atom is 0.123 e. The van der Waals surface area contributed by atoms with Gasteiger partial charge in [0.1, 0.15) is 12.5 Å². The van der Waals surface area contributed by atoms with Crippen LogP contribution in [-0.4, -0.2) is 18.4 Å². The summed E-state index contributed by atoms with van der Waals surface area (Å²) >= 11 is 0. The molecule has 0 amide bonds. The van der Waals surface area contributed by atoms with E-state index in [2.05, 4.69) is 24.4 Å². The molecule has 0 bridgehead atoms. The zero-order chi connectivity index (χ0) is 22.5. The standard InChI is InChI=1S/C28H34F2N2/c1-3-6-22(21-11-12-21)15-25(20(4-2)17-29)27-16-23-7-5-8-26(28(23)32-27)31-18-19-9-13-24(30)14-10-19/h4,6,9-10,13-15,21,26,31H,3,5,7-8,11-12,16-18H2,1-2H3/b20-4-,22-6-,25-15+. The number of nitrogens with zero attached hydrogens (tertiary/aromatic N) is 1. The molecule has 0 aromatic heterocycles. The minimum Gasteiger partial charge on any atom is -0.305 e. The van der Waals surface area contributed by atoms with Crippen molar-refractivity contribution in [3.8, 4) is 0 Å². The SMILES string of the molecule is C\C=C(CF)/C(=C\C(=C\CC)C1CC1)C1=NC2=C(CCCC2NCc2ccc(F)cc2)C1. The number of nitrogens with one attached hydrogen (secondary N) is 1. The van der Waals surface area contributed by atoms with Crippen molar-refractivity contribution in [2.75, 3.05) is 6.67 Å². The van der Waals surface area contributed by atoms with Crippen LogP contribution in [0.5, 0.6) is 0 Å². The molecule has 0 spiro atoms. The molecule has 2 aliphatic carbocycles. The molecule has 1 fully saturated rings. The maximum absolute atomic E-state index is 14.0. The van der Waals surface area contributed by atoms with Crippen LogP contribution < -0.4 is 5.32 Å². The summed E-state index contributed by atoms with van der Waals surface area (Å²) in [4.78, 5) is 5.10. The predicted octanol–water partition coefficient (Wildman–Crippen LogP) is 7.16. The number of aliphatic imine (C=N–C) groups is 1. The smallest absolute Gasteiger partial charge is 0.123 e. The Labute approximate surface area is 190 Å². The molecule has 1 atom stereocenters. The molecule has 4 heteroatoms. The summed E-state index contributed by atoms with van der Waals surface area (Å²) in [7, 11) is 0. The highest BCUT2D eigenvalue weighted by molar-refractivity contribution is 6.07. The number of benzene rings is 1. The number of allylic oxidation sites excluding steroid dienone is 7. The Balaban J connectivity index is 1.57. The van der Waals surface area contributed by atoms with E-state index in [0.717, 1.165) is 60.2 Å². The van der Waals surface area contributed by atoms with Crippen LogP contribution >= 0.6 is 0 Å². The Kier molecular flexibility index (Phi) is 7.51. The first-order chi connectivity index (χ1) is 15.6. The van der Waals surface area contributed by atoms with E-state index in [9.17, 15) is 8.78 Å². The Hall–Kier alpha value is -2.33. The Morgan fingerprint density at radius 3 is 2.62 bits per heavy atom. The second-order valence-electron chi connectivity index (χ2n) is 9.07. The molecule has 1 aromatic rings. The lowest BCUT2D eigenvalue weighted by Gasteiger charge is -2.24. The van der Waals surface area contributed by atoms with Gasteiger partial charge in [-0.05, 0) is 91.9 Å². The van der Waals surface area contributed by atoms with Crippen LogP contribution in [0.4, 0.5) is 8.78 Å². The third-order valence-electron chi connectivity index (χ3n) is 6.71. The summed E-state index contributed by atoms with van der Waals surface area (Å²) in [5, 5.41) is 3.63. The summed E-state index contributed by atoms with van der Waals surface area (Å²) in [5.74, 6) is 0.411. The highest BCUT2D eigenvalue weighted by atomic mass is 19.1. The largest absolute Gasteiger partial charge is 0.305 e. The normalized spacial score (nSPS) is 22.3. The number of alkyl halides is 1. The van der Waals surface area contributed by atoms with E-state index in [0.29, 0.717) is 12.5 Å². The van der Waals surface area contributed by atoms with Gasteiger partial charge in [0.05, 0.1) is 11.4 Å². The van der Waals surface area contributed by atoms with Crippen LogP contribution in [-0.2, 0) is 6.54 Å². The summed E-state index contributed by atoms with van der Waals surface area (Å²) in [6.07, 6.45) is 13.9. The van der Waals surface area contributed by atoms with Gasteiger partial charge in [-0.15, -0.1) is 0 Å². The van der Waals surface area contributed by atoms with Gasteiger partial charge in [-0.3, -0.25) is 4.99 Å². The fourth-order valence-corrected chi connectivity index (χ4v) is 4.78. The first-order valence-electron chi connectivity index (χ1n) is 12.0. The van der Waals surface area contributed by atoms with Crippen LogP contribution in [0.3, 0.4) is 0 Å². The Morgan fingerprint density at radius 1 is 1.19 bits per heavy atom. The second kappa shape index (κ2) is 10.5. The summed E-state index contributed by atoms with van der Waals surface area (Å²) in [5.41, 5.74) is 7.66. The van der Waals surface area contributed by atoms with Crippen molar-refractivity contribution in [1.82, 2.24) is 5.32 Å². The Morgan fingerprint density at radius 2 is 1.97 bits per heavy atom. The van der Waals surface area contributed by atoms with Crippen molar-refractivity contribution in [2.24, 2.45) is 10.9 Å². The molecule has 1 aliphatic heterocycles.